The minimum atomic E-state index is -4.44. The molecule has 0 unspecified atom stereocenters. The molecule has 2 heterocycles. The third-order valence-electron chi connectivity index (χ3n) is 5.21. The van der Waals surface area contributed by atoms with Crippen LogP contribution in [-0.2, 0) is 10.9 Å². The Morgan fingerprint density at radius 3 is 2.55 bits per heavy atom. The van der Waals surface area contributed by atoms with Crippen molar-refractivity contribution in [2.75, 3.05) is 44.3 Å². The molecular weight excluding hydrogens is 427 g/mol. The number of hydrogen-bond acceptors (Lipinski definition) is 5. The summed E-state index contributed by atoms with van der Waals surface area (Å²) < 4.78 is 45.0. The van der Waals surface area contributed by atoms with Crippen LogP contribution in [0.3, 0.4) is 0 Å². The van der Waals surface area contributed by atoms with Crippen molar-refractivity contribution in [2.45, 2.75) is 13.1 Å². The lowest BCUT2D eigenvalue weighted by molar-refractivity contribution is -0.137. The Balaban J connectivity index is 1.62. The molecule has 0 radical (unpaired) electrons. The zero-order valence-corrected chi connectivity index (χ0v) is 17.8. The maximum atomic E-state index is 13.3. The number of benzene rings is 2. The van der Waals surface area contributed by atoms with Crippen molar-refractivity contribution in [1.82, 2.24) is 9.88 Å². The van der Waals surface area contributed by atoms with Gasteiger partial charge in [0.1, 0.15) is 0 Å². The van der Waals surface area contributed by atoms with Gasteiger partial charge in [0.25, 0.3) is 5.91 Å². The van der Waals surface area contributed by atoms with Gasteiger partial charge in [-0.25, -0.2) is 4.98 Å². The highest BCUT2D eigenvalue weighted by Gasteiger charge is 2.31. The van der Waals surface area contributed by atoms with Gasteiger partial charge in [-0.05, 0) is 48.9 Å². The number of amides is 1. The van der Waals surface area contributed by atoms with Crippen LogP contribution in [0.2, 0.25) is 0 Å². The number of thiazole rings is 1. The predicted octanol–water partition coefficient (Wildman–Crippen LogP) is 4.60. The zero-order valence-electron chi connectivity index (χ0n) is 17.0. The number of nitrogens with zero attached hydrogens (tertiary/aromatic N) is 3. The number of fused-ring (bicyclic) bond motifs is 1. The molecule has 1 saturated heterocycles. The third kappa shape index (κ3) is 5.06. The number of morpholine rings is 1. The fourth-order valence-electron chi connectivity index (χ4n) is 3.44. The van der Waals surface area contributed by atoms with Gasteiger partial charge in [0.2, 0.25) is 0 Å². The van der Waals surface area contributed by atoms with E-state index in [1.54, 1.807) is 4.90 Å². The number of ether oxygens (including phenoxy) is 1. The summed E-state index contributed by atoms with van der Waals surface area (Å²) in [5.74, 6) is -0.363. The second kappa shape index (κ2) is 8.94. The number of alkyl halides is 3. The number of anilines is 1. The lowest BCUT2D eigenvalue weighted by Crippen LogP contribution is -2.43. The third-order valence-corrected chi connectivity index (χ3v) is 6.25. The molecule has 3 aromatic rings. The van der Waals surface area contributed by atoms with Gasteiger partial charge in [-0.15, -0.1) is 0 Å². The molecule has 31 heavy (non-hydrogen) atoms. The number of carbonyl (C=O) groups excluding carboxylic acids is 1. The Labute approximate surface area is 182 Å². The van der Waals surface area contributed by atoms with Gasteiger partial charge in [0, 0.05) is 31.7 Å². The molecule has 164 valence electrons. The largest absolute Gasteiger partial charge is 0.416 e. The molecule has 9 heteroatoms. The predicted molar refractivity (Wildman–Crippen MR) is 115 cm³/mol. The maximum absolute atomic E-state index is 13.3. The molecule has 5 nitrogen and oxygen atoms in total. The van der Waals surface area contributed by atoms with Crippen molar-refractivity contribution in [1.29, 1.82) is 0 Å². The summed E-state index contributed by atoms with van der Waals surface area (Å²) in [6.45, 7) is 5.86. The topological polar surface area (TPSA) is 45.7 Å². The van der Waals surface area contributed by atoms with Gasteiger partial charge in [0.05, 0.1) is 29.0 Å². The number of hydrogen-bond donors (Lipinski definition) is 0. The van der Waals surface area contributed by atoms with Crippen molar-refractivity contribution in [3.05, 3.63) is 59.2 Å². The van der Waals surface area contributed by atoms with Crippen molar-refractivity contribution in [2.24, 2.45) is 0 Å². The van der Waals surface area contributed by atoms with Crippen molar-refractivity contribution in [3.63, 3.8) is 0 Å². The van der Waals surface area contributed by atoms with Crippen LogP contribution in [-0.4, -0.2) is 55.2 Å². The maximum Gasteiger partial charge on any atom is 0.416 e. The van der Waals surface area contributed by atoms with E-state index < -0.39 is 11.7 Å². The van der Waals surface area contributed by atoms with E-state index in [-0.39, 0.29) is 11.5 Å². The van der Waals surface area contributed by atoms with E-state index >= 15 is 0 Å². The van der Waals surface area contributed by atoms with E-state index in [1.165, 1.54) is 23.5 Å². The fourth-order valence-corrected chi connectivity index (χ4v) is 4.53. The molecule has 4 rings (SSSR count). The van der Waals surface area contributed by atoms with Crippen molar-refractivity contribution < 1.29 is 22.7 Å². The van der Waals surface area contributed by atoms with Crippen molar-refractivity contribution in [3.8, 4) is 0 Å². The molecule has 1 amide bonds. The average molecular weight is 449 g/mol. The standard InChI is InChI=1S/C22H22F3N3O2S/c1-15-2-7-18-19(14-15)31-21(26-18)28(9-8-27-10-12-30-13-11-27)20(29)16-3-5-17(6-4-16)22(23,24)25/h2-7,14H,8-13H2,1H3. The molecule has 1 aliphatic heterocycles. The Morgan fingerprint density at radius 2 is 1.87 bits per heavy atom. The first kappa shape index (κ1) is 21.7. The van der Waals surface area contributed by atoms with E-state index in [1.807, 2.05) is 25.1 Å². The lowest BCUT2D eigenvalue weighted by Gasteiger charge is -2.29. The highest BCUT2D eigenvalue weighted by atomic mass is 32.1. The fraction of sp³-hybridized carbons (Fsp3) is 0.364. The summed E-state index contributed by atoms with van der Waals surface area (Å²) >= 11 is 1.41. The average Bonchev–Trinajstić information content (AvgIpc) is 3.16. The van der Waals surface area contributed by atoms with E-state index in [4.69, 9.17) is 4.74 Å². The molecule has 1 fully saturated rings. The first-order valence-corrected chi connectivity index (χ1v) is 10.8. The SMILES string of the molecule is Cc1ccc2nc(N(CCN3CCOCC3)C(=O)c3ccc(C(F)(F)F)cc3)sc2c1. The molecular formula is C22H22F3N3O2S. The second-order valence-corrected chi connectivity index (χ2v) is 8.46. The van der Waals surface area contributed by atoms with Gasteiger partial charge in [0.15, 0.2) is 5.13 Å². The normalized spacial score (nSPS) is 15.4. The highest BCUT2D eigenvalue weighted by Crippen LogP contribution is 2.32. The Kier molecular flexibility index (Phi) is 6.27. The van der Waals surface area contributed by atoms with E-state index in [2.05, 4.69) is 9.88 Å². The van der Waals surface area contributed by atoms with Crippen molar-refractivity contribution >= 4 is 32.6 Å². The summed E-state index contributed by atoms with van der Waals surface area (Å²) in [6, 6.07) is 10.2. The minimum Gasteiger partial charge on any atom is -0.379 e. The van der Waals surface area contributed by atoms with Crippen LogP contribution in [0.5, 0.6) is 0 Å². The Hall–Kier alpha value is -2.49. The van der Waals surface area contributed by atoms with Crippen LogP contribution in [0, 0.1) is 6.92 Å². The van der Waals surface area contributed by atoms with Gasteiger partial charge in [-0.2, -0.15) is 13.2 Å². The highest BCUT2D eigenvalue weighted by molar-refractivity contribution is 7.22. The number of aromatic nitrogens is 1. The molecule has 0 bridgehead atoms. The van der Waals surface area contributed by atoms with Gasteiger partial charge in [-0.1, -0.05) is 17.4 Å². The van der Waals surface area contributed by atoms with Crippen LogP contribution in [0.4, 0.5) is 18.3 Å². The van der Waals surface area contributed by atoms with Crippen LogP contribution in [0.25, 0.3) is 10.2 Å². The molecule has 0 saturated carbocycles. The van der Waals surface area contributed by atoms with Gasteiger partial charge in [-0.3, -0.25) is 14.6 Å². The number of aryl methyl sites for hydroxylation is 1. The molecule has 0 N–H and O–H groups in total. The van der Waals surface area contributed by atoms with Crippen LogP contribution in [0.1, 0.15) is 21.5 Å². The Morgan fingerprint density at radius 1 is 1.16 bits per heavy atom. The summed E-state index contributed by atoms with van der Waals surface area (Å²) in [5.41, 5.74) is 1.31. The minimum absolute atomic E-state index is 0.199. The molecule has 0 spiro atoms. The van der Waals surface area contributed by atoms with Gasteiger partial charge < -0.3 is 4.74 Å². The monoisotopic (exact) mass is 449 g/mol. The summed E-state index contributed by atoms with van der Waals surface area (Å²) in [4.78, 5) is 21.7. The van der Waals surface area contributed by atoms with Gasteiger partial charge >= 0.3 is 6.18 Å². The summed E-state index contributed by atoms with van der Waals surface area (Å²) in [7, 11) is 0. The molecule has 0 atom stereocenters. The molecule has 2 aromatic carbocycles. The summed E-state index contributed by atoms with van der Waals surface area (Å²) in [5, 5.41) is 0.541. The number of rotatable bonds is 5. The van der Waals surface area contributed by atoms with Crippen LogP contribution in [0.15, 0.2) is 42.5 Å². The second-order valence-electron chi connectivity index (χ2n) is 7.45. The molecule has 1 aliphatic rings. The summed E-state index contributed by atoms with van der Waals surface area (Å²) in [6.07, 6.45) is -4.44. The van der Waals surface area contributed by atoms with Crippen LogP contribution >= 0.6 is 11.3 Å². The van der Waals surface area contributed by atoms with Crippen LogP contribution < -0.4 is 4.90 Å². The Bertz CT molecular complexity index is 1060. The lowest BCUT2D eigenvalue weighted by atomic mass is 10.1. The molecule has 0 aliphatic carbocycles. The quantitative estimate of drug-likeness (QED) is 0.571. The van der Waals surface area contributed by atoms with E-state index in [0.29, 0.717) is 31.4 Å². The molecule has 1 aromatic heterocycles. The smallest absolute Gasteiger partial charge is 0.379 e. The number of halogens is 3. The first-order chi connectivity index (χ1) is 14.8. The van der Waals surface area contributed by atoms with E-state index in [0.717, 1.165) is 41.0 Å². The number of carbonyl (C=O) groups is 1. The first-order valence-electron chi connectivity index (χ1n) is 9.98. The zero-order chi connectivity index (χ0) is 22.0. The van der Waals surface area contributed by atoms with E-state index in [9.17, 15) is 18.0 Å².